The Morgan fingerprint density at radius 1 is 0.906 bits per heavy atom. The highest BCUT2D eigenvalue weighted by atomic mass is 32.2. The molecular weight excluding hydrogens is 418 g/mol. The summed E-state index contributed by atoms with van der Waals surface area (Å²) in [6.45, 7) is 1.95. The second kappa shape index (κ2) is 9.47. The van der Waals surface area contributed by atoms with Gasteiger partial charge in [0.2, 0.25) is 10.0 Å². The van der Waals surface area contributed by atoms with Crippen molar-refractivity contribution in [3.8, 4) is 0 Å². The molecule has 0 N–H and O–H groups in total. The van der Waals surface area contributed by atoms with Crippen LogP contribution in [0.3, 0.4) is 0 Å². The average molecular weight is 444 g/mol. The topological polar surface area (TPSA) is 54.5 Å². The van der Waals surface area contributed by atoms with Gasteiger partial charge in [-0.3, -0.25) is 4.79 Å². The van der Waals surface area contributed by atoms with Crippen LogP contribution in [0.2, 0.25) is 0 Å². The number of allylic oxidation sites excluding steroid dienone is 1. The number of rotatable bonds is 6. The Hall–Kier alpha value is -3.28. The second-order valence-corrected chi connectivity index (χ2v) is 9.75. The lowest BCUT2D eigenvalue weighted by atomic mass is 9.96. The van der Waals surface area contributed by atoms with E-state index in [2.05, 4.69) is 0 Å². The molecule has 3 aromatic carbocycles. The highest BCUT2D eigenvalue weighted by Crippen LogP contribution is 2.35. The van der Waals surface area contributed by atoms with Gasteiger partial charge in [-0.2, -0.15) is 4.31 Å². The smallest absolute Gasteiger partial charge is 0.243 e. The van der Waals surface area contributed by atoms with Crippen molar-refractivity contribution in [3.63, 3.8) is 0 Å². The molecule has 0 aromatic heterocycles. The fraction of sp³-hybridized carbons (Fsp3) is 0.148. The minimum absolute atomic E-state index is 0.0355. The number of benzene rings is 3. The summed E-state index contributed by atoms with van der Waals surface area (Å²) in [5.41, 5.74) is 3.30. The SMILES string of the molecule is Cc1ccc(S(=O)(=O)N2CC(C(=O)/C=C/c3ccccc3)=CCC2c2ccccc2)cc1. The van der Waals surface area contributed by atoms with Gasteiger partial charge in [0.15, 0.2) is 5.78 Å². The zero-order valence-corrected chi connectivity index (χ0v) is 18.7. The molecule has 3 aromatic rings. The molecule has 0 aliphatic carbocycles. The number of aryl methyl sites for hydroxylation is 1. The molecule has 4 nitrogen and oxygen atoms in total. The molecule has 32 heavy (non-hydrogen) atoms. The molecular formula is C27H25NO3S. The van der Waals surface area contributed by atoms with Crippen LogP contribution >= 0.6 is 0 Å². The molecule has 0 fully saturated rings. The van der Waals surface area contributed by atoms with Crippen LogP contribution in [0.4, 0.5) is 0 Å². The fourth-order valence-corrected chi connectivity index (χ4v) is 5.41. The van der Waals surface area contributed by atoms with Crippen molar-refractivity contribution in [2.45, 2.75) is 24.3 Å². The van der Waals surface area contributed by atoms with Crippen molar-refractivity contribution in [1.29, 1.82) is 0 Å². The maximum atomic E-state index is 13.6. The van der Waals surface area contributed by atoms with E-state index in [0.717, 1.165) is 16.7 Å². The van der Waals surface area contributed by atoms with E-state index < -0.39 is 10.0 Å². The Kier molecular flexibility index (Phi) is 6.49. The first-order chi connectivity index (χ1) is 15.4. The number of hydrogen-bond acceptors (Lipinski definition) is 3. The van der Waals surface area contributed by atoms with Gasteiger partial charge < -0.3 is 0 Å². The normalized spacial score (nSPS) is 17.3. The fourth-order valence-electron chi connectivity index (χ4n) is 3.81. The summed E-state index contributed by atoms with van der Waals surface area (Å²) in [4.78, 5) is 13.1. The first kappa shape index (κ1) is 21.9. The summed E-state index contributed by atoms with van der Waals surface area (Å²) < 4.78 is 28.7. The van der Waals surface area contributed by atoms with Crippen LogP contribution < -0.4 is 0 Å². The summed E-state index contributed by atoms with van der Waals surface area (Å²) in [6.07, 6.45) is 5.58. The van der Waals surface area contributed by atoms with Crippen LogP contribution in [0, 0.1) is 6.92 Å². The molecule has 1 aliphatic rings. The highest BCUT2D eigenvalue weighted by Gasteiger charge is 2.36. The average Bonchev–Trinajstić information content (AvgIpc) is 2.83. The van der Waals surface area contributed by atoms with Gasteiger partial charge in [-0.05, 0) is 42.7 Å². The van der Waals surface area contributed by atoms with Crippen molar-refractivity contribution < 1.29 is 13.2 Å². The third-order valence-corrected chi connectivity index (χ3v) is 7.49. The van der Waals surface area contributed by atoms with Gasteiger partial charge in [0.25, 0.3) is 0 Å². The Balaban J connectivity index is 1.67. The Morgan fingerprint density at radius 2 is 1.53 bits per heavy atom. The molecule has 4 rings (SSSR count). The molecule has 0 radical (unpaired) electrons. The summed E-state index contributed by atoms with van der Waals surface area (Å²) in [7, 11) is -3.79. The van der Waals surface area contributed by atoms with Crippen molar-refractivity contribution in [2.24, 2.45) is 0 Å². The van der Waals surface area contributed by atoms with Crippen molar-refractivity contribution >= 4 is 21.9 Å². The molecule has 1 heterocycles. The van der Waals surface area contributed by atoms with Gasteiger partial charge >= 0.3 is 0 Å². The minimum Gasteiger partial charge on any atom is -0.290 e. The third kappa shape index (κ3) is 4.79. The monoisotopic (exact) mass is 443 g/mol. The third-order valence-electron chi connectivity index (χ3n) is 5.62. The zero-order chi connectivity index (χ0) is 22.6. The molecule has 0 saturated heterocycles. The van der Waals surface area contributed by atoms with E-state index in [4.69, 9.17) is 0 Å². The lowest BCUT2D eigenvalue weighted by molar-refractivity contribution is -0.111. The first-order valence-corrected chi connectivity index (χ1v) is 12.0. The van der Waals surface area contributed by atoms with Crippen molar-refractivity contribution in [1.82, 2.24) is 4.31 Å². The number of hydrogen-bond donors (Lipinski definition) is 0. The van der Waals surface area contributed by atoms with Crippen molar-refractivity contribution in [3.05, 3.63) is 119 Å². The van der Waals surface area contributed by atoms with E-state index in [1.54, 1.807) is 30.3 Å². The van der Waals surface area contributed by atoms with Crippen LogP contribution in [0.5, 0.6) is 0 Å². The van der Waals surface area contributed by atoms with Gasteiger partial charge in [0, 0.05) is 12.1 Å². The van der Waals surface area contributed by atoms with Crippen LogP contribution in [0.15, 0.2) is 108 Å². The number of sulfonamides is 1. The molecule has 162 valence electrons. The first-order valence-electron chi connectivity index (χ1n) is 10.5. The second-order valence-electron chi connectivity index (χ2n) is 7.86. The molecule has 0 saturated carbocycles. The lowest BCUT2D eigenvalue weighted by Gasteiger charge is -2.34. The van der Waals surface area contributed by atoms with E-state index in [1.807, 2.05) is 73.7 Å². The summed E-state index contributed by atoms with van der Waals surface area (Å²) in [5, 5.41) is 0. The zero-order valence-electron chi connectivity index (χ0n) is 17.9. The Labute approximate surface area is 189 Å². The molecule has 1 aliphatic heterocycles. The molecule has 5 heteroatoms. The van der Waals surface area contributed by atoms with E-state index in [1.165, 1.54) is 10.4 Å². The van der Waals surface area contributed by atoms with E-state index in [0.29, 0.717) is 12.0 Å². The standard InChI is InChI=1S/C27H25NO3S/c1-21-12-16-25(17-13-21)32(30,31)28-20-24(15-18-26(28)23-10-6-3-7-11-23)27(29)19-14-22-8-4-2-5-9-22/h2-17,19,26H,18,20H2,1H3/b19-14+. The van der Waals surface area contributed by atoms with Crippen molar-refractivity contribution in [2.75, 3.05) is 6.54 Å². The largest absolute Gasteiger partial charge is 0.290 e. The summed E-state index contributed by atoms with van der Waals surface area (Å²) in [6, 6.07) is 25.6. The van der Waals surface area contributed by atoms with E-state index in [-0.39, 0.29) is 23.3 Å². The van der Waals surface area contributed by atoms with Gasteiger partial charge in [0.05, 0.1) is 10.9 Å². The number of nitrogens with zero attached hydrogens (tertiary/aromatic N) is 1. The molecule has 1 unspecified atom stereocenters. The highest BCUT2D eigenvalue weighted by molar-refractivity contribution is 7.89. The van der Waals surface area contributed by atoms with Crippen LogP contribution in [0.1, 0.15) is 29.2 Å². The molecule has 0 amide bonds. The number of carbonyl (C=O) groups is 1. The predicted octanol–water partition coefficient (Wildman–Crippen LogP) is 5.34. The van der Waals surface area contributed by atoms with Crippen LogP contribution in [-0.2, 0) is 14.8 Å². The Bertz CT molecular complexity index is 1250. The Morgan fingerprint density at radius 3 is 2.19 bits per heavy atom. The van der Waals surface area contributed by atoms with Crippen LogP contribution in [0.25, 0.3) is 6.08 Å². The molecule has 1 atom stereocenters. The predicted molar refractivity (Wildman–Crippen MR) is 127 cm³/mol. The lowest BCUT2D eigenvalue weighted by Crippen LogP contribution is -2.39. The molecule has 0 spiro atoms. The summed E-state index contributed by atoms with van der Waals surface area (Å²) in [5.74, 6) is -0.176. The van der Waals surface area contributed by atoms with E-state index in [9.17, 15) is 13.2 Å². The number of ketones is 1. The van der Waals surface area contributed by atoms with Gasteiger partial charge in [-0.25, -0.2) is 8.42 Å². The van der Waals surface area contributed by atoms with E-state index >= 15 is 0 Å². The summed E-state index contributed by atoms with van der Waals surface area (Å²) >= 11 is 0. The maximum Gasteiger partial charge on any atom is 0.243 e. The van der Waals surface area contributed by atoms with Gasteiger partial charge in [-0.15, -0.1) is 0 Å². The van der Waals surface area contributed by atoms with Gasteiger partial charge in [0.1, 0.15) is 0 Å². The van der Waals surface area contributed by atoms with Crippen LogP contribution in [-0.4, -0.2) is 25.1 Å². The minimum atomic E-state index is -3.79. The van der Waals surface area contributed by atoms with Gasteiger partial charge in [-0.1, -0.05) is 90.5 Å². The number of carbonyl (C=O) groups excluding carboxylic acids is 1. The molecule has 0 bridgehead atoms. The maximum absolute atomic E-state index is 13.6. The quantitative estimate of drug-likeness (QED) is 0.483.